The third-order valence-corrected chi connectivity index (χ3v) is 8.24. The maximum absolute atomic E-state index is 13.7. The van der Waals surface area contributed by atoms with E-state index in [-0.39, 0.29) is 11.6 Å². The van der Waals surface area contributed by atoms with Gasteiger partial charge < -0.3 is 25.4 Å². The third-order valence-electron chi connectivity index (χ3n) is 7.00. The van der Waals surface area contributed by atoms with E-state index in [0.717, 1.165) is 10.5 Å². The largest absolute Gasteiger partial charge is 0.497 e. The fraction of sp³-hybridized carbons (Fsp3) is 0.0789. The molecule has 5 aromatic carbocycles. The average Bonchev–Trinajstić information content (AvgIpc) is 3.11. The highest BCUT2D eigenvalue weighted by atomic mass is 32.2. The van der Waals surface area contributed by atoms with Crippen LogP contribution in [0.15, 0.2) is 144 Å². The second kappa shape index (κ2) is 16.0. The molecule has 0 heterocycles. The summed E-state index contributed by atoms with van der Waals surface area (Å²) in [6, 6.07) is 39.8. The molecule has 0 saturated carbocycles. The van der Waals surface area contributed by atoms with Gasteiger partial charge in [0.15, 0.2) is 0 Å². The Morgan fingerprint density at radius 2 is 1.34 bits per heavy atom. The van der Waals surface area contributed by atoms with Crippen molar-refractivity contribution in [2.45, 2.75) is 10.1 Å². The number of benzene rings is 5. The van der Waals surface area contributed by atoms with E-state index in [2.05, 4.69) is 16.0 Å². The number of anilines is 2. The van der Waals surface area contributed by atoms with Gasteiger partial charge in [-0.25, -0.2) is 0 Å². The number of para-hydroxylation sites is 1. The van der Waals surface area contributed by atoms with Crippen molar-refractivity contribution in [1.82, 2.24) is 5.32 Å². The van der Waals surface area contributed by atoms with Gasteiger partial charge in [0.1, 0.15) is 22.4 Å². The van der Waals surface area contributed by atoms with E-state index >= 15 is 0 Å². The molecule has 0 aliphatic carbocycles. The quantitative estimate of drug-likeness (QED) is 0.0956. The highest BCUT2D eigenvalue weighted by Gasteiger charge is 2.23. The molecule has 0 saturated heterocycles. The summed E-state index contributed by atoms with van der Waals surface area (Å²) in [7, 11) is 3.06. The van der Waals surface area contributed by atoms with Gasteiger partial charge in [-0.2, -0.15) is 0 Å². The first-order valence-corrected chi connectivity index (χ1v) is 15.6. The zero-order valence-corrected chi connectivity index (χ0v) is 26.6. The summed E-state index contributed by atoms with van der Waals surface area (Å²) in [5, 5.41) is 8.09. The van der Waals surface area contributed by atoms with Crippen LogP contribution in [-0.2, 0) is 9.59 Å². The van der Waals surface area contributed by atoms with Crippen LogP contribution in [0.1, 0.15) is 26.7 Å². The lowest BCUT2D eigenvalue weighted by molar-refractivity contribution is -0.116. The number of hydrogen-bond donors (Lipinski definition) is 3. The van der Waals surface area contributed by atoms with Gasteiger partial charge in [-0.3, -0.25) is 14.4 Å². The van der Waals surface area contributed by atoms with Crippen LogP contribution in [0.4, 0.5) is 11.4 Å². The first-order chi connectivity index (χ1) is 22.9. The maximum atomic E-state index is 13.7. The zero-order chi connectivity index (χ0) is 33.0. The van der Waals surface area contributed by atoms with Gasteiger partial charge in [-0.1, -0.05) is 72.8 Å². The second-order valence-corrected chi connectivity index (χ2v) is 11.4. The standard InChI is InChI=1S/C38H33N3O5S/c1-45-31-22-21-28(34(25-31)46-2)23-33(41-36(42)27-15-8-4-9-16-27)37(43)40-30-19-12-20-32(24-30)47-35(26-13-6-3-7-14-26)38(44)39-29-17-10-5-11-18-29/h3-25,35H,1-2H3,(H,39,44)(H,40,43)(H,41,42)/b33-23+. The number of methoxy groups -OCH3 is 2. The fourth-order valence-electron chi connectivity index (χ4n) is 4.65. The highest BCUT2D eigenvalue weighted by molar-refractivity contribution is 8.00. The molecule has 0 aliphatic heterocycles. The van der Waals surface area contributed by atoms with Crippen LogP contribution in [0, 0.1) is 0 Å². The summed E-state index contributed by atoms with van der Waals surface area (Å²) in [5.74, 6) is -0.125. The van der Waals surface area contributed by atoms with Gasteiger partial charge in [0.2, 0.25) is 5.91 Å². The molecule has 0 aromatic heterocycles. The number of ether oxygens (including phenoxy) is 2. The number of carbonyl (C=O) groups is 3. The molecule has 0 bridgehead atoms. The van der Waals surface area contributed by atoms with Gasteiger partial charge in [0.25, 0.3) is 11.8 Å². The van der Waals surface area contributed by atoms with Crippen molar-refractivity contribution < 1.29 is 23.9 Å². The molecule has 0 spiro atoms. The van der Waals surface area contributed by atoms with Crippen molar-refractivity contribution in [2.75, 3.05) is 24.9 Å². The Kier molecular flexibility index (Phi) is 11.1. The maximum Gasteiger partial charge on any atom is 0.272 e. The van der Waals surface area contributed by atoms with Gasteiger partial charge in [0.05, 0.1) is 14.2 Å². The van der Waals surface area contributed by atoms with Crippen molar-refractivity contribution in [1.29, 1.82) is 0 Å². The molecule has 5 rings (SSSR count). The van der Waals surface area contributed by atoms with E-state index in [1.54, 1.807) is 79.9 Å². The Labute approximate surface area is 277 Å². The minimum absolute atomic E-state index is 0.00442. The molecular weight excluding hydrogens is 611 g/mol. The van der Waals surface area contributed by atoms with Crippen LogP contribution < -0.4 is 25.4 Å². The monoisotopic (exact) mass is 643 g/mol. The minimum Gasteiger partial charge on any atom is -0.497 e. The molecule has 3 N–H and O–H groups in total. The lowest BCUT2D eigenvalue weighted by Crippen LogP contribution is -2.30. The lowest BCUT2D eigenvalue weighted by atomic mass is 10.1. The topological polar surface area (TPSA) is 106 Å². The van der Waals surface area contributed by atoms with Crippen LogP contribution in [0.25, 0.3) is 6.08 Å². The van der Waals surface area contributed by atoms with Crippen LogP contribution in [0.5, 0.6) is 11.5 Å². The number of rotatable bonds is 12. The fourth-order valence-corrected chi connectivity index (χ4v) is 5.73. The number of carbonyl (C=O) groups excluding carboxylic acids is 3. The summed E-state index contributed by atoms with van der Waals surface area (Å²) >= 11 is 1.36. The Bertz CT molecular complexity index is 1870. The van der Waals surface area contributed by atoms with Gasteiger partial charge >= 0.3 is 0 Å². The summed E-state index contributed by atoms with van der Waals surface area (Å²) in [6.07, 6.45) is 1.55. The number of thioether (sulfide) groups is 1. The van der Waals surface area contributed by atoms with Crippen molar-refractivity contribution >= 4 is 46.9 Å². The van der Waals surface area contributed by atoms with Gasteiger partial charge in [-0.05, 0) is 66.2 Å². The molecule has 1 atom stereocenters. The molecular formula is C38H33N3O5S. The zero-order valence-electron chi connectivity index (χ0n) is 25.8. The molecule has 3 amide bonds. The minimum atomic E-state index is -0.564. The molecule has 47 heavy (non-hydrogen) atoms. The predicted octanol–water partition coefficient (Wildman–Crippen LogP) is 7.59. The summed E-state index contributed by atoms with van der Waals surface area (Å²) in [5.41, 5.74) is 2.98. The van der Waals surface area contributed by atoms with E-state index in [1.807, 2.05) is 66.7 Å². The van der Waals surface area contributed by atoms with Crippen LogP contribution in [0.2, 0.25) is 0 Å². The Morgan fingerprint density at radius 3 is 2.02 bits per heavy atom. The third kappa shape index (κ3) is 8.90. The van der Waals surface area contributed by atoms with E-state index in [1.165, 1.54) is 18.9 Å². The van der Waals surface area contributed by atoms with E-state index in [4.69, 9.17) is 9.47 Å². The summed E-state index contributed by atoms with van der Waals surface area (Å²) in [6.45, 7) is 0. The van der Waals surface area contributed by atoms with Crippen molar-refractivity contribution in [3.63, 3.8) is 0 Å². The normalized spacial score (nSPS) is 11.6. The number of hydrogen-bond acceptors (Lipinski definition) is 6. The molecule has 5 aromatic rings. The van der Waals surface area contributed by atoms with Crippen molar-refractivity contribution in [3.05, 3.63) is 156 Å². The molecule has 1 unspecified atom stereocenters. The highest BCUT2D eigenvalue weighted by Crippen LogP contribution is 2.37. The first-order valence-electron chi connectivity index (χ1n) is 14.7. The van der Waals surface area contributed by atoms with E-state index < -0.39 is 17.1 Å². The van der Waals surface area contributed by atoms with Crippen LogP contribution in [0.3, 0.4) is 0 Å². The molecule has 0 fully saturated rings. The molecule has 236 valence electrons. The summed E-state index contributed by atoms with van der Waals surface area (Å²) < 4.78 is 10.8. The van der Waals surface area contributed by atoms with E-state index in [9.17, 15) is 14.4 Å². The van der Waals surface area contributed by atoms with Crippen molar-refractivity contribution in [3.8, 4) is 11.5 Å². The van der Waals surface area contributed by atoms with Crippen LogP contribution in [-0.4, -0.2) is 31.9 Å². The Morgan fingerprint density at radius 1 is 0.681 bits per heavy atom. The average molecular weight is 644 g/mol. The van der Waals surface area contributed by atoms with E-state index in [0.29, 0.717) is 34.0 Å². The van der Waals surface area contributed by atoms with Gasteiger partial charge in [-0.15, -0.1) is 11.8 Å². The number of amides is 3. The summed E-state index contributed by atoms with van der Waals surface area (Å²) in [4.78, 5) is 41.1. The predicted molar refractivity (Wildman–Crippen MR) is 187 cm³/mol. The number of nitrogens with one attached hydrogen (secondary N) is 3. The SMILES string of the molecule is COc1ccc(/C=C(/NC(=O)c2ccccc2)C(=O)Nc2cccc(SC(C(=O)Nc3ccccc3)c3ccccc3)c2)c(OC)c1. The Balaban J connectivity index is 1.40. The Hall–Kier alpha value is -5.80. The molecule has 9 heteroatoms. The second-order valence-electron chi connectivity index (χ2n) is 10.2. The smallest absolute Gasteiger partial charge is 0.272 e. The molecule has 0 aliphatic rings. The molecule has 0 radical (unpaired) electrons. The molecule has 8 nitrogen and oxygen atoms in total. The van der Waals surface area contributed by atoms with Crippen molar-refractivity contribution in [2.24, 2.45) is 0 Å². The lowest BCUT2D eigenvalue weighted by Gasteiger charge is -2.18. The van der Waals surface area contributed by atoms with Gasteiger partial charge in [0, 0.05) is 33.5 Å². The first kappa shape index (κ1) is 32.6. The van der Waals surface area contributed by atoms with Crippen LogP contribution >= 0.6 is 11.8 Å².